The standard InChI is InChI=1S/C17H17ClF3N5O/c1-11(27)25-4-6-26(7-5-25)16-9-15(22-10-23-16)24-14-3-2-12(18)8-13(14)17(19,20)21/h2-3,8-10H,4-7H2,1H3,(H,22,23,24). The second kappa shape index (κ2) is 7.59. The van der Waals surface area contributed by atoms with Gasteiger partial charge in [0.1, 0.15) is 18.0 Å². The summed E-state index contributed by atoms with van der Waals surface area (Å²) in [4.78, 5) is 23.3. The van der Waals surface area contributed by atoms with E-state index < -0.39 is 11.7 Å². The smallest absolute Gasteiger partial charge is 0.353 e. The van der Waals surface area contributed by atoms with E-state index in [2.05, 4.69) is 15.3 Å². The zero-order valence-electron chi connectivity index (χ0n) is 14.4. The molecule has 0 atom stereocenters. The summed E-state index contributed by atoms with van der Waals surface area (Å²) in [7, 11) is 0. The van der Waals surface area contributed by atoms with Crippen LogP contribution < -0.4 is 10.2 Å². The van der Waals surface area contributed by atoms with E-state index in [-0.39, 0.29) is 22.4 Å². The largest absolute Gasteiger partial charge is 0.418 e. The minimum Gasteiger partial charge on any atom is -0.353 e. The highest BCUT2D eigenvalue weighted by Gasteiger charge is 2.34. The number of aromatic nitrogens is 2. The topological polar surface area (TPSA) is 61.4 Å². The average Bonchev–Trinajstić information content (AvgIpc) is 2.63. The molecule has 0 bridgehead atoms. The Morgan fingerprint density at radius 3 is 2.48 bits per heavy atom. The van der Waals surface area contributed by atoms with Crippen LogP contribution in [0.2, 0.25) is 5.02 Å². The lowest BCUT2D eigenvalue weighted by molar-refractivity contribution is -0.137. The third kappa shape index (κ3) is 4.60. The molecule has 2 aromatic rings. The predicted octanol–water partition coefficient (Wildman–Crippen LogP) is 3.56. The first-order valence-corrected chi connectivity index (χ1v) is 8.58. The Hall–Kier alpha value is -2.55. The number of nitrogens with zero attached hydrogens (tertiary/aromatic N) is 4. The lowest BCUT2D eigenvalue weighted by Gasteiger charge is -2.34. The summed E-state index contributed by atoms with van der Waals surface area (Å²) in [5.74, 6) is 0.835. The molecular weight excluding hydrogens is 383 g/mol. The average molecular weight is 400 g/mol. The zero-order valence-corrected chi connectivity index (χ0v) is 15.2. The number of hydrogen-bond acceptors (Lipinski definition) is 5. The van der Waals surface area contributed by atoms with Crippen molar-refractivity contribution in [1.82, 2.24) is 14.9 Å². The molecule has 1 aliphatic rings. The Balaban J connectivity index is 1.79. The molecule has 1 aromatic heterocycles. The fourth-order valence-corrected chi connectivity index (χ4v) is 3.01. The number of amides is 1. The summed E-state index contributed by atoms with van der Waals surface area (Å²) >= 11 is 5.70. The molecule has 144 valence electrons. The highest BCUT2D eigenvalue weighted by Crippen LogP contribution is 2.37. The Labute approximate surface area is 159 Å². The van der Waals surface area contributed by atoms with Crippen molar-refractivity contribution in [1.29, 1.82) is 0 Å². The molecule has 1 saturated heterocycles. The molecule has 0 aliphatic carbocycles. The fourth-order valence-electron chi connectivity index (χ4n) is 2.84. The SMILES string of the molecule is CC(=O)N1CCN(c2cc(Nc3ccc(Cl)cc3C(F)(F)F)ncn2)CC1. The third-order valence-corrected chi connectivity index (χ3v) is 4.49. The molecule has 6 nitrogen and oxygen atoms in total. The fraction of sp³-hybridized carbons (Fsp3) is 0.353. The van der Waals surface area contributed by atoms with Crippen LogP contribution in [-0.4, -0.2) is 47.0 Å². The summed E-state index contributed by atoms with van der Waals surface area (Å²) in [6, 6.07) is 5.09. The predicted molar refractivity (Wildman–Crippen MR) is 96.2 cm³/mol. The monoisotopic (exact) mass is 399 g/mol. The molecule has 1 N–H and O–H groups in total. The van der Waals surface area contributed by atoms with Gasteiger partial charge in [-0.2, -0.15) is 13.2 Å². The molecule has 1 aliphatic heterocycles. The van der Waals surface area contributed by atoms with Crippen molar-refractivity contribution in [2.24, 2.45) is 0 Å². The van der Waals surface area contributed by atoms with E-state index in [0.717, 1.165) is 6.07 Å². The number of benzene rings is 1. The van der Waals surface area contributed by atoms with Crippen molar-refractivity contribution in [3.63, 3.8) is 0 Å². The second-order valence-corrected chi connectivity index (χ2v) is 6.50. The van der Waals surface area contributed by atoms with Crippen LogP contribution >= 0.6 is 11.6 Å². The van der Waals surface area contributed by atoms with E-state index in [0.29, 0.717) is 32.0 Å². The zero-order chi connectivity index (χ0) is 19.6. The number of nitrogens with one attached hydrogen (secondary N) is 1. The van der Waals surface area contributed by atoms with Crippen molar-refractivity contribution in [3.05, 3.63) is 41.2 Å². The van der Waals surface area contributed by atoms with E-state index in [4.69, 9.17) is 11.6 Å². The number of anilines is 3. The molecule has 0 unspecified atom stereocenters. The molecule has 0 spiro atoms. The number of carbonyl (C=O) groups excluding carboxylic acids is 1. The first-order chi connectivity index (χ1) is 12.7. The summed E-state index contributed by atoms with van der Waals surface area (Å²) < 4.78 is 39.7. The van der Waals surface area contributed by atoms with Crippen molar-refractivity contribution < 1.29 is 18.0 Å². The number of piperazine rings is 1. The number of hydrogen-bond donors (Lipinski definition) is 1. The molecule has 1 aromatic carbocycles. The van der Waals surface area contributed by atoms with Gasteiger partial charge in [-0.3, -0.25) is 4.79 Å². The summed E-state index contributed by atoms with van der Waals surface area (Å²) in [5, 5.41) is 2.69. The van der Waals surface area contributed by atoms with Crippen molar-refractivity contribution >= 4 is 34.8 Å². The molecule has 2 heterocycles. The molecule has 0 radical (unpaired) electrons. The van der Waals surface area contributed by atoms with Crippen LogP contribution in [-0.2, 0) is 11.0 Å². The summed E-state index contributed by atoms with van der Waals surface area (Å²) in [6.07, 6.45) is -3.26. The molecule has 27 heavy (non-hydrogen) atoms. The third-order valence-electron chi connectivity index (χ3n) is 4.25. The van der Waals surface area contributed by atoms with Crippen LogP contribution in [0.25, 0.3) is 0 Å². The maximum absolute atomic E-state index is 13.2. The maximum atomic E-state index is 13.2. The van der Waals surface area contributed by atoms with E-state index in [1.54, 1.807) is 11.0 Å². The van der Waals surface area contributed by atoms with Gasteiger partial charge in [0.2, 0.25) is 5.91 Å². The Morgan fingerprint density at radius 1 is 1.15 bits per heavy atom. The van der Waals surface area contributed by atoms with Gasteiger partial charge in [0.15, 0.2) is 0 Å². The van der Waals surface area contributed by atoms with E-state index in [1.165, 1.54) is 25.4 Å². The Bertz CT molecular complexity index is 838. The highest BCUT2D eigenvalue weighted by atomic mass is 35.5. The maximum Gasteiger partial charge on any atom is 0.418 e. The summed E-state index contributed by atoms with van der Waals surface area (Å²) in [5.41, 5.74) is -1.01. The van der Waals surface area contributed by atoms with Crippen LogP contribution in [0, 0.1) is 0 Å². The first kappa shape index (κ1) is 19.2. The van der Waals surface area contributed by atoms with Crippen LogP contribution in [0.5, 0.6) is 0 Å². The Kier molecular flexibility index (Phi) is 5.41. The normalized spacial score (nSPS) is 15.0. The minimum atomic E-state index is -4.55. The van der Waals surface area contributed by atoms with Gasteiger partial charge < -0.3 is 15.1 Å². The van der Waals surface area contributed by atoms with Gasteiger partial charge in [-0.1, -0.05) is 11.6 Å². The van der Waals surface area contributed by atoms with Gasteiger partial charge >= 0.3 is 6.18 Å². The van der Waals surface area contributed by atoms with Gasteiger partial charge in [0.05, 0.1) is 11.3 Å². The molecule has 1 fully saturated rings. The van der Waals surface area contributed by atoms with Gasteiger partial charge in [-0.05, 0) is 18.2 Å². The van der Waals surface area contributed by atoms with Crippen LogP contribution in [0.3, 0.4) is 0 Å². The number of halogens is 4. The van der Waals surface area contributed by atoms with E-state index >= 15 is 0 Å². The number of rotatable bonds is 3. The van der Waals surface area contributed by atoms with E-state index in [9.17, 15) is 18.0 Å². The van der Waals surface area contributed by atoms with Gasteiger partial charge in [-0.25, -0.2) is 9.97 Å². The van der Waals surface area contributed by atoms with Crippen LogP contribution in [0.15, 0.2) is 30.6 Å². The van der Waals surface area contributed by atoms with Gasteiger partial charge in [0, 0.05) is 44.2 Å². The summed E-state index contributed by atoms with van der Waals surface area (Å²) in [6.45, 7) is 3.83. The molecule has 10 heteroatoms. The van der Waals surface area contributed by atoms with Crippen molar-refractivity contribution in [2.45, 2.75) is 13.1 Å². The lowest BCUT2D eigenvalue weighted by Crippen LogP contribution is -2.48. The van der Waals surface area contributed by atoms with Crippen molar-refractivity contribution in [3.8, 4) is 0 Å². The van der Waals surface area contributed by atoms with Crippen LogP contribution in [0.4, 0.5) is 30.5 Å². The highest BCUT2D eigenvalue weighted by molar-refractivity contribution is 6.30. The first-order valence-electron chi connectivity index (χ1n) is 8.20. The lowest BCUT2D eigenvalue weighted by atomic mass is 10.1. The molecular formula is C17H17ClF3N5O. The van der Waals surface area contributed by atoms with Crippen molar-refractivity contribution in [2.75, 3.05) is 36.4 Å². The van der Waals surface area contributed by atoms with E-state index in [1.807, 2.05) is 4.90 Å². The molecule has 3 rings (SSSR count). The second-order valence-electron chi connectivity index (χ2n) is 6.07. The number of alkyl halides is 3. The molecule has 1 amide bonds. The number of carbonyl (C=O) groups is 1. The quantitative estimate of drug-likeness (QED) is 0.855. The van der Waals surface area contributed by atoms with Gasteiger partial charge in [-0.15, -0.1) is 0 Å². The van der Waals surface area contributed by atoms with Crippen LogP contribution in [0.1, 0.15) is 12.5 Å². The Morgan fingerprint density at radius 2 is 1.85 bits per heavy atom. The minimum absolute atomic E-state index is 0.000376. The van der Waals surface area contributed by atoms with Gasteiger partial charge in [0.25, 0.3) is 0 Å². The molecule has 0 saturated carbocycles.